The Bertz CT molecular complexity index is 913. The Morgan fingerprint density at radius 3 is 2.46 bits per heavy atom. The summed E-state index contributed by atoms with van der Waals surface area (Å²) in [4.78, 5) is 16.9. The van der Waals surface area contributed by atoms with Crippen LogP contribution in [0.15, 0.2) is 54.6 Å². The highest BCUT2D eigenvalue weighted by Gasteiger charge is 2.12. The number of carbonyl (C=O) groups is 1. The number of carbonyl (C=O) groups excluding carboxylic acids is 1. The van der Waals surface area contributed by atoms with Crippen LogP contribution in [-0.2, 0) is 31.8 Å². The first-order valence-electron chi connectivity index (χ1n) is 8.50. The number of guanidine groups is 1. The van der Waals surface area contributed by atoms with E-state index in [0.29, 0.717) is 16.8 Å². The summed E-state index contributed by atoms with van der Waals surface area (Å²) < 4.78 is 27.2. The Labute approximate surface area is 163 Å². The van der Waals surface area contributed by atoms with Crippen molar-refractivity contribution in [2.45, 2.75) is 12.2 Å². The van der Waals surface area contributed by atoms with Gasteiger partial charge in [-0.3, -0.25) is 21.0 Å². The average molecular weight is 406 g/mol. The number of rotatable bonds is 10. The Kier molecular flexibility index (Phi) is 7.64. The predicted molar refractivity (Wildman–Crippen MR) is 106 cm³/mol. The normalized spacial score (nSPS) is 10.7. The lowest BCUT2D eigenvalue weighted by molar-refractivity contribution is -0.753. The minimum atomic E-state index is -3.56. The third-order valence-electron chi connectivity index (χ3n) is 3.48. The van der Waals surface area contributed by atoms with Crippen molar-refractivity contribution in [3.63, 3.8) is 0 Å². The van der Waals surface area contributed by atoms with Crippen LogP contribution in [0.3, 0.4) is 0 Å². The van der Waals surface area contributed by atoms with Gasteiger partial charge < -0.3 is 10.2 Å². The number of amides is 1. The largest absolute Gasteiger partial charge is 0.375 e. The molecule has 0 aromatic heterocycles. The van der Waals surface area contributed by atoms with E-state index in [2.05, 4.69) is 15.2 Å². The van der Waals surface area contributed by atoms with Crippen LogP contribution in [0.25, 0.3) is 0 Å². The molecule has 1 amide bonds. The maximum Gasteiger partial charge on any atom is 0.375 e. The van der Waals surface area contributed by atoms with E-state index in [0.717, 1.165) is 0 Å². The number of benzene rings is 2. The molecule has 0 bridgehead atoms. The van der Waals surface area contributed by atoms with Crippen molar-refractivity contribution in [3.8, 4) is 0 Å². The minimum Gasteiger partial charge on any atom is -0.362 e. The molecule has 0 radical (unpaired) electrons. The lowest BCUT2D eigenvalue weighted by atomic mass is 10.1. The van der Waals surface area contributed by atoms with E-state index in [1.165, 1.54) is 0 Å². The standard InChI is InChI=1S/C18H23N5O4S/c19-18(20)22-27-10-9-21-17(24)12-15-7-4-8-16(11-15)23-28(25,26)13-14-5-2-1-3-6-14/h1-8,11,23H,9-10,12-13H2,(H,21,24)(H4,19,20,22)/p+1. The average Bonchev–Trinajstić information content (AvgIpc) is 2.61. The maximum atomic E-state index is 12.3. The molecule has 2 aromatic carbocycles. The van der Waals surface area contributed by atoms with Gasteiger partial charge in [-0.2, -0.15) is 0 Å². The second-order valence-corrected chi connectivity index (χ2v) is 7.70. The van der Waals surface area contributed by atoms with E-state index in [1.807, 2.05) is 6.07 Å². The molecule has 0 aliphatic heterocycles. The van der Waals surface area contributed by atoms with E-state index in [4.69, 9.17) is 16.3 Å². The fraction of sp³-hybridized carbons (Fsp3) is 0.222. The number of anilines is 1. The summed E-state index contributed by atoms with van der Waals surface area (Å²) in [5.41, 5.74) is 12.1. The molecule has 0 saturated heterocycles. The van der Waals surface area contributed by atoms with Gasteiger partial charge in [0.05, 0.1) is 18.7 Å². The summed E-state index contributed by atoms with van der Waals surface area (Å²) in [6.07, 6.45) is 0.104. The molecule has 10 heteroatoms. The van der Waals surface area contributed by atoms with E-state index < -0.39 is 10.0 Å². The van der Waals surface area contributed by atoms with E-state index in [1.54, 1.807) is 48.5 Å². The molecule has 9 nitrogen and oxygen atoms in total. The van der Waals surface area contributed by atoms with Gasteiger partial charge in [0.15, 0.2) is 0 Å². The van der Waals surface area contributed by atoms with Crippen LogP contribution in [0.5, 0.6) is 0 Å². The molecule has 2 aromatic rings. The van der Waals surface area contributed by atoms with Gasteiger partial charge in [0, 0.05) is 5.69 Å². The van der Waals surface area contributed by atoms with Crippen LogP contribution in [0, 0.1) is 0 Å². The number of hydrogen-bond acceptors (Lipinski definition) is 4. The third kappa shape index (κ3) is 7.96. The SMILES string of the molecule is NC(N)=[NH+]OCCNC(=O)Cc1cccc(NS(=O)(=O)Cc2ccccc2)c1. The molecule has 0 spiro atoms. The van der Waals surface area contributed by atoms with Crippen LogP contribution in [0.1, 0.15) is 11.1 Å². The van der Waals surface area contributed by atoms with E-state index >= 15 is 0 Å². The van der Waals surface area contributed by atoms with Crippen molar-refractivity contribution in [3.05, 3.63) is 65.7 Å². The number of hydrogen-bond donors (Lipinski definition) is 5. The monoisotopic (exact) mass is 406 g/mol. The Hall–Kier alpha value is -3.27. The van der Waals surface area contributed by atoms with Crippen LogP contribution < -0.4 is 26.7 Å². The molecule has 0 unspecified atom stereocenters. The predicted octanol–water partition coefficient (Wildman–Crippen LogP) is -1.43. The van der Waals surface area contributed by atoms with Crippen molar-refractivity contribution in [1.29, 1.82) is 0 Å². The van der Waals surface area contributed by atoms with Gasteiger partial charge in [0.1, 0.15) is 6.61 Å². The summed E-state index contributed by atoms with van der Waals surface area (Å²) in [6, 6.07) is 15.6. The summed E-state index contributed by atoms with van der Waals surface area (Å²) in [6.45, 7) is 0.450. The second kappa shape index (κ2) is 10.2. The van der Waals surface area contributed by atoms with Gasteiger partial charge in [-0.15, -0.1) is 5.16 Å². The molecular formula is C18H24N5O4S+. The molecule has 0 atom stereocenters. The summed E-state index contributed by atoms with van der Waals surface area (Å²) in [7, 11) is -3.56. The molecule has 0 fully saturated rings. The smallest absolute Gasteiger partial charge is 0.362 e. The van der Waals surface area contributed by atoms with Gasteiger partial charge in [0.25, 0.3) is 0 Å². The van der Waals surface area contributed by atoms with Crippen molar-refractivity contribution >= 4 is 27.6 Å². The zero-order valence-corrected chi connectivity index (χ0v) is 16.0. The van der Waals surface area contributed by atoms with Crippen LogP contribution in [0.4, 0.5) is 5.69 Å². The quantitative estimate of drug-likeness (QED) is 0.141. The first kappa shape index (κ1) is 21.0. The van der Waals surface area contributed by atoms with Crippen LogP contribution in [-0.4, -0.2) is 33.4 Å². The van der Waals surface area contributed by atoms with Gasteiger partial charge >= 0.3 is 5.96 Å². The molecular weight excluding hydrogens is 382 g/mol. The highest BCUT2D eigenvalue weighted by molar-refractivity contribution is 7.91. The first-order chi connectivity index (χ1) is 13.3. The second-order valence-electron chi connectivity index (χ2n) is 5.98. The molecule has 0 aliphatic carbocycles. The Balaban J connectivity index is 1.87. The van der Waals surface area contributed by atoms with Gasteiger partial charge in [0.2, 0.25) is 15.9 Å². The van der Waals surface area contributed by atoms with Gasteiger partial charge in [-0.25, -0.2) is 8.42 Å². The number of sulfonamides is 1. The molecule has 7 N–H and O–H groups in total. The van der Waals surface area contributed by atoms with Crippen LogP contribution >= 0.6 is 0 Å². The van der Waals surface area contributed by atoms with Crippen LogP contribution in [0.2, 0.25) is 0 Å². The van der Waals surface area contributed by atoms with Crippen molar-refractivity contribution in [1.82, 2.24) is 5.32 Å². The highest BCUT2D eigenvalue weighted by Crippen LogP contribution is 2.15. The summed E-state index contributed by atoms with van der Waals surface area (Å²) in [5, 5.41) is 4.94. The van der Waals surface area contributed by atoms with Crippen molar-refractivity contribution in [2.75, 3.05) is 17.9 Å². The lowest BCUT2D eigenvalue weighted by Crippen LogP contribution is -2.77. The minimum absolute atomic E-state index is 0.0714. The Morgan fingerprint density at radius 2 is 1.75 bits per heavy atom. The Morgan fingerprint density at radius 1 is 1.04 bits per heavy atom. The third-order valence-corrected chi connectivity index (χ3v) is 4.74. The molecule has 0 heterocycles. The number of nitrogens with one attached hydrogen (secondary N) is 3. The van der Waals surface area contributed by atoms with E-state index in [-0.39, 0.29) is 37.2 Å². The van der Waals surface area contributed by atoms with Gasteiger partial charge in [-0.1, -0.05) is 42.5 Å². The van der Waals surface area contributed by atoms with Crippen molar-refractivity contribution < 1.29 is 23.2 Å². The lowest BCUT2D eigenvalue weighted by Gasteiger charge is -2.10. The fourth-order valence-electron chi connectivity index (χ4n) is 2.38. The van der Waals surface area contributed by atoms with Gasteiger partial charge in [-0.05, 0) is 23.3 Å². The first-order valence-corrected chi connectivity index (χ1v) is 10.1. The molecule has 0 saturated carbocycles. The maximum absolute atomic E-state index is 12.3. The topological polar surface area (TPSA) is 151 Å². The summed E-state index contributed by atoms with van der Waals surface area (Å²) >= 11 is 0. The fourth-order valence-corrected chi connectivity index (χ4v) is 3.57. The van der Waals surface area contributed by atoms with Crippen molar-refractivity contribution in [2.24, 2.45) is 11.5 Å². The van der Waals surface area contributed by atoms with E-state index in [9.17, 15) is 13.2 Å². The molecule has 0 aliphatic rings. The molecule has 150 valence electrons. The summed E-state index contributed by atoms with van der Waals surface area (Å²) in [5.74, 6) is -0.424. The zero-order chi connectivity index (χ0) is 20.4. The number of nitrogens with two attached hydrogens (primary N) is 2. The highest BCUT2D eigenvalue weighted by atomic mass is 32.2. The zero-order valence-electron chi connectivity index (χ0n) is 15.2. The molecule has 28 heavy (non-hydrogen) atoms. The molecule has 2 rings (SSSR count).